The lowest BCUT2D eigenvalue weighted by atomic mass is 10.1. The van der Waals surface area contributed by atoms with E-state index < -0.39 is 0 Å². The Kier molecular flexibility index (Phi) is 14.6. The molecule has 1 aromatic rings. The second-order valence-corrected chi connectivity index (χ2v) is 6.00. The maximum Gasteiger partial charge on any atom is 0.305 e. The molecule has 1 aromatic carbocycles. The van der Waals surface area contributed by atoms with Gasteiger partial charge in [0.1, 0.15) is 17.7 Å². The van der Waals surface area contributed by atoms with E-state index in [4.69, 9.17) is 4.74 Å². The van der Waals surface area contributed by atoms with Gasteiger partial charge in [0.25, 0.3) is 0 Å². The van der Waals surface area contributed by atoms with Crippen molar-refractivity contribution >= 4 is 35.9 Å². The standard InChI is InChI=1S/C19H30FN3O3.HI/c1-15(26-17-11-9-16(20)10-12-17)14-23-19(21-2)22-13-7-5-4-6-8-18(24)25-3;/h9-12,15H,4-8,13-14H2,1-3H3,(H2,21,22,23);1H. The van der Waals surface area contributed by atoms with Gasteiger partial charge in [-0.25, -0.2) is 4.39 Å². The van der Waals surface area contributed by atoms with E-state index in [1.54, 1.807) is 19.2 Å². The molecule has 1 unspecified atom stereocenters. The van der Waals surface area contributed by atoms with Gasteiger partial charge in [-0.05, 0) is 44.0 Å². The molecule has 0 saturated heterocycles. The minimum Gasteiger partial charge on any atom is -0.489 e. The van der Waals surface area contributed by atoms with Crippen molar-refractivity contribution in [2.45, 2.75) is 45.1 Å². The first-order valence-corrected chi connectivity index (χ1v) is 8.98. The van der Waals surface area contributed by atoms with Crippen molar-refractivity contribution in [1.82, 2.24) is 10.6 Å². The first-order chi connectivity index (χ1) is 12.5. The average Bonchev–Trinajstić information content (AvgIpc) is 2.65. The highest BCUT2D eigenvalue weighted by Crippen LogP contribution is 2.12. The normalized spacial score (nSPS) is 11.9. The number of hydrogen-bond acceptors (Lipinski definition) is 4. The Balaban J connectivity index is 0.00000676. The molecule has 0 spiro atoms. The van der Waals surface area contributed by atoms with E-state index in [9.17, 15) is 9.18 Å². The summed E-state index contributed by atoms with van der Waals surface area (Å²) in [4.78, 5) is 15.2. The number of carbonyl (C=O) groups is 1. The number of unbranched alkanes of at least 4 members (excludes halogenated alkanes) is 3. The van der Waals surface area contributed by atoms with Crippen LogP contribution in [0.2, 0.25) is 0 Å². The SMILES string of the molecule is CN=C(NCCCCCCC(=O)OC)NCC(C)Oc1ccc(F)cc1.I. The van der Waals surface area contributed by atoms with Crippen LogP contribution in [0.25, 0.3) is 0 Å². The largest absolute Gasteiger partial charge is 0.489 e. The van der Waals surface area contributed by atoms with Gasteiger partial charge in [0.15, 0.2) is 5.96 Å². The Morgan fingerprint density at radius 2 is 1.81 bits per heavy atom. The maximum absolute atomic E-state index is 12.9. The van der Waals surface area contributed by atoms with E-state index >= 15 is 0 Å². The number of nitrogens with zero attached hydrogens (tertiary/aromatic N) is 1. The van der Waals surface area contributed by atoms with Crippen LogP contribution in [-0.4, -0.2) is 45.3 Å². The van der Waals surface area contributed by atoms with Crippen LogP contribution in [0.1, 0.15) is 39.0 Å². The Morgan fingerprint density at radius 1 is 1.15 bits per heavy atom. The average molecular weight is 495 g/mol. The van der Waals surface area contributed by atoms with Gasteiger partial charge >= 0.3 is 5.97 Å². The van der Waals surface area contributed by atoms with Crippen molar-refractivity contribution in [3.05, 3.63) is 30.1 Å². The lowest BCUT2D eigenvalue weighted by Gasteiger charge is -2.17. The van der Waals surface area contributed by atoms with E-state index in [0.29, 0.717) is 24.7 Å². The van der Waals surface area contributed by atoms with E-state index in [1.165, 1.54) is 19.2 Å². The second kappa shape index (κ2) is 15.5. The molecule has 27 heavy (non-hydrogen) atoms. The van der Waals surface area contributed by atoms with Gasteiger partial charge in [0.05, 0.1) is 13.7 Å². The maximum atomic E-state index is 12.9. The monoisotopic (exact) mass is 495 g/mol. The molecule has 6 nitrogen and oxygen atoms in total. The number of aliphatic imine (C=N–C) groups is 1. The summed E-state index contributed by atoms with van der Waals surface area (Å²) in [6.45, 7) is 3.33. The molecule has 8 heteroatoms. The minimum absolute atomic E-state index is 0. The summed E-state index contributed by atoms with van der Waals surface area (Å²) >= 11 is 0. The summed E-state index contributed by atoms with van der Waals surface area (Å²) in [5.41, 5.74) is 0. The summed E-state index contributed by atoms with van der Waals surface area (Å²) in [6.07, 6.45) is 4.31. The molecule has 0 radical (unpaired) electrons. The van der Waals surface area contributed by atoms with Crippen molar-refractivity contribution < 1.29 is 18.7 Å². The number of rotatable bonds is 11. The van der Waals surface area contributed by atoms with Crippen LogP contribution < -0.4 is 15.4 Å². The molecule has 0 aliphatic rings. The van der Waals surface area contributed by atoms with Gasteiger partial charge in [0, 0.05) is 20.0 Å². The van der Waals surface area contributed by atoms with Crippen LogP contribution in [0.15, 0.2) is 29.3 Å². The van der Waals surface area contributed by atoms with E-state index in [1.807, 2.05) is 6.92 Å². The first kappa shape index (κ1) is 25.4. The molecule has 0 heterocycles. The minimum atomic E-state index is -0.280. The van der Waals surface area contributed by atoms with Gasteiger partial charge in [0.2, 0.25) is 0 Å². The predicted molar refractivity (Wildman–Crippen MR) is 116 cm³/mol. The van der Waals surface area contributed by atoms with Gasteiger partial charge < -0.3 is 20.1 Å². The van der Waals surface area contributed by atoms with Crippen LogP contribution in [0.3, 0.4) is 0 Å². The van der Waals surface area contributed by atoms with Crippen LogP contribution in [0, 0.1) is 5.82 Å². The summed E-state index contributed by atoms with van der Waals surface area (Å²) < 4.78 is 23.2. The molecule has 0 bridgehead atoms. The van der Waals surface area contributed by atoms with Gasteiger partial charge in [-0.1, -0.05) is 12.8 Å². The lowest BCUT2D eigenvalue weighted by Crippen LogP contribution is -2.42. The highest BCUT2D eigenvalue weighted by atomic mass is 127. The van der Waals surface area contributed by atoms with Gasteiger partial charge in [-0.3, -0.25) is 9.79 Å². The third-order valence-corrected chi connectivity index (χ3v) is 3.76. The number of carbonyl (C=O) groups excluding carboxylic acids is 1. The summed E-state index contributed by atoms with van der Waals surface area (Å²) in [5, 5.41) is 6.45. The third kappa shape index (κ3) is 12.4. The zero-order valence-corrected chi connectivity index (χ0v) is 18.6. The highest BCUT2D eigenvalue weighted by molar-refractivity contribution is 14.0. The van der Waals surface area contributed by atoms with Crippen LogP contribution in [-0.2, 0) is 9.53 Å². The molecule has 0 aromatic heterocycles. The molecule has 0 amide bonds. The quantitative estimate of drug-likeness (QED) is 0.162. The van der Waals surface area contributed by atoms with Crippen molar-refractivity contribution in [2.75, 3.05) is 27.2 Å². The van der Waals surface area contributed by atoms with Crippen molar-refractivity contribution in [1.29, 1.82) is 0 Å². The Labute approximate surface area is 178 Å². The van der Waals surface area contributed by atoms with Crippen molar-refractivity contribution in [2.24, 2.45) is 4.99 Å². The smallest absolute Gasteiger partial charge is 0.305 e. The molecule has 1 rings (SSSR count). The van der Waals surface area contributed by atoms with Crippen LogP contribution in [0.5, 0.6) is 5.75 Å². The van der Waals surface area contributed by atoms with Gasteiger partial charge in [-0.2, -0.15) is 0 Å². The van der Waals surface area contributed by atoms with E-state index in [-0.39, 0.29) is 41.9 Å². The molecule has 0 aliphatic carbocycles. The predicted octanol–water partition coefficient (Wildman–Crippen LogP) is 3.50. The first-order valence-electron chi connectivity index (χ1n) is 8.98. The Bertz CT molecular complexity index is 556. The fourth-order valence-electron chi connectivity index (χ4n) is 2.30. The number of ether oxygens (including phenoxy) is 2. The van der Waals surface area contributed by atoms with Crippen LogP contribution >= 0.6 is 24.0 Å². The number of benzene rings is 1. The topological polar surface area (TPSA) is 72.0 Å². The number of halogens is 2. The summed E-state index contributed by atoms with van der Waals surface area (Å²) in [6, 6.07) is 5.97. The number of methoxy groups -OCH3 is 1. The lowest BCUT2D eigenvalue weighted by molar-refractivity contribution is -0.140. The second-order valence-electron chi connectivity index (χ2n) is 6.00. The molecule has 154 valence electrons. The van der Waals surface area contributed by atoms with Gasteiger partial charge in [-0.15, -0.1) is 24.0 Å². The molecular formula is C19H31FIN3O3. The molecule has 1 atom stereocenters. The molecular weight excluding hydrogens is 464 g/mol. The number of guanidine groups is 1. The third-order valence-electron chi connectivity index (χ3n) is 3.76. The number of hydrogen-bond donors (Lipinski definition) is 2. The molecule has 2 N–H and O–H groups in total. The highest BCUT2D eigenvalue weighted by Gasteiger charge is 2.06. The number of nitrogens with one attached hydrogen (secondary N) is 2. The number of esters is 1. The van der Waals surface area contributed by atoms with E-state index in [2.05, 4.69) is 20.4 Å². The zero-order chi connectivity index (χ0) is 19.2. The summed E-state index contributed by atoms with van der Waals surface area (Å²) in [5.74, 6) is 0.924. The molecule has 0 aliphatic heterocycles. The fourth-order valence-corrected chi connectivity index (χ4v) is 2.30. The Morgan fingerprint density at radius 3 is 2.44 bits per heavy atom. The van der Waals surface area contributed by atoms with Crippen molar-refractivity contribution in [3.8, 4) is 5.75 Å². The molecule has 0 saturated carbocycles. The fraction of sp³-hybridized carbons (Fsp3) is 0.579. The summed E-state index contributed by atoms with van der Waals surface area (Å²) in [7, 11) is 3.13. The van der Waals surface area contributed by atoms with Crippen LogP contribution in [0.4, 0.5) is 4.39 Å². The zero-order valence-electron chi connectivity index (χ0n) is 16.3. The van der Waals surface area contributed by atoms with Crippen molar-refractivity contribution in [3.63, 3.8) is 0 Å². The Hall–Kier alpha value is -1.58. The molecule has 0 fully saturated rings. The van der Waals surface area contributed by atoms with E-state index in [0.717, 1.165) is 32.2 Å².